The molecule has 4 aliphatic carbocycles. The normalized spacial score (nSPS) is 54.4. The summed E-state index contributed by atoms with van der Waals surface area (Å²) in [6.45, 7) is 11.0. The molecular weight excluding hydrogens is 608 g/mol. The Balaban J connectivity index is 0.857. The molecule has 1 aromatic rings. The lowest BCUT2D eigenvalue weighted by Crippen LogP contribution is -2.62. The standard InChI is InChI=1S/C40H56O8/c1-22-12-17-40(44-20-22)23(2)32-30(48-40)19-29-27-11-10-25-18-26(13-15-38(25,3)28(27)14-16-39(29,32)4)45-37-34(42)33(41)35-31(46-37)21-43-36(47-35)24-8-6-5-7-9-24/h5-10,22-23,26-37,41-42H,11-21H2,1-4H3/t22-,23+,26+,27-,28+,29+,30+,31?,32+,33?,34+,35-,36?,37-,38+,39+,40-/m1/s1. The monoisotopic (exact) mass is 664 g/mol. The molecule has 3 saturated carbocycles. The van der Waals surface area contributed by atoms with Crippen molar-refractivity contribution < 1.29 is 38.6 Å². The van der Waals surface area contributed by atoms with Gasteiger partial charge in [0.25, 0.3) is 0 Å². The highest BCUT2D eigenvalue weighted by molar-refractivity contribution is 5.26. The van der Waals surface area contributed by atoms with Crippen LogP contribution in [0.4, 0.5) is 0 Å². The molecule has 4 aliphatic heterocycles. The predicted octanol–water partition coefficient (Wildman–Crippen LogP) is 6.30. The zero-order valence-electron chi connectivity index (χ0n) is 29.2. The lowest BCUT2D eigenvalue weighted by molar-refractivity contribution is -0.367. The Morgan fingerprint density at radius 1 is 0.875 bits per heavy atom. The predicted molar refractivity (Wildman–Crippen MR) is 177 cm³/mol. The first-order chi connectivity index (χ1) is 23.1. The second-order valence-corrected chi connectivity index (χ2v) is 17.5. The van der Waals surface area contributed by atoms with Gasteiger partial charge in [-0.05, 0) is 91.8 Å². The third kappa shape index (κ3) is 4.91. The lowest BCUT2D eigenvalue weighted by atomic mass is 9.47. The molecule has 8 aliphatic rings. The Labute approximate surface area is 285 Å². The van der Waals surface area contributed by atoms with Gasteiger partial charge in [-0.25, -0.2) is 0 Å². The van der Waals surface area contributed by atoms with Crippen LogP contribution >= 0.6 is 0 Å². The number of allylic oxidation sites excluding steroid dienone is 1. The Morgan fingerprint density at radius 3 is 2.50 bits per heavy atom. The Morgan fingerprint density at radius 2 is 1.71 bits per heavy atom. The van der Waals surface area contributed by atoms with E-state index in [1.807, 2.05) is 30.3 Å². The van der Waals surface area contributed by atoms with Gasteiger partial charge in [-0.2, -0.15) is 0 Å². The number of rotatable bonds is 3. The fourth-order valence-corrected chi connectivity index (χ4v) is 12.4. The molecule has 2 N–H and O–H groups in total. The van der Waals surface area contributed by atoms with Crippen LogP contribution in [-0.4, -0.2) is 72.1 Å². The fourth-order valence-electron chi connectivity index (χ4n) is 12.4. The average Bonchev–Trinajstić information content (AvgIpc) is 3.54. The first-order valence-electron chi connectivity index (χ1n) is 19.1. The van der Waals surface area contributed by atoms with E-state index in [1.165, 1.54) is 31.3 Å². The Bertz CT molecular complexity index is 1370. The molecule has 1 aromatic carbocycles. The zero-order valence-corrected chi connectivity index (χ0v) is 29.2. The van der Waals surface area contributed by atoms with Crippen molar-refractivity contribution in [1.29, 1.82) is 0 Å². The van der Waals surface area contributed by atoms with Crippen molar-refractivity contribution >= 4 is 0 Å². The van der Waals surface area contributed by atoms with Gasteiger partial charge in [-0.15, -0.1) is 0 Å². The van der Waals surface area contributed by atoms with Gasteiger partial charge in [0.05, 0.1) is 25.4 Å². The molecule has 4 saturated heterocycles. The van der Waals surface area contributed by atoms with E-state index in [4.69, 9.17) is 28.4 Å². The van der Waals surface area contributed by atoms with E-state index in [1.54, 1.807) is 0 Å². The van der Waals surface area contributed by atoms with Crippen LogP contribution in [0.25, 0.3) is 0 Å². The highest BCUT2D eigenvalue weighted by atomic mass is 16.8. The van der Waals surface area contributed by atoms with Gasteiger partial charge >= 0.3 is 0 Å². The molecule has 9 rings (SSSR count). The second-order valence-electron chi connectivity index (χ2n) is 17.5. The molecule has 3 unspecified atom stereocenters. The van der Waals surface area contributed by atoms with Gasteiger partial charge < -0.3 is 38.6 Å². The summed E-state index contributed by atoms with van der Waals surface area (Å²) in [5.41, 5.74) is 2.88. The first kappa shape index (κ1) is 32.5. The van der Waals surface area contributed by atoms with E-state index in [-0.39, 0.29) is 23.9 Å². The van der Waals surface area contributed by atoms with Gasteiger partial charge in [0.1, 0.15) is 24.4 Å². The fraction of sp³-hybridized carbons (Fsp3) is 0.800. The van der Waals surface area contributed by atoms with E-state index >= 15 is 0 Å². The number of hydrogen-bond acceptors (Lipinski definition) is 8. The maximum atomic E-state index is 11.1. The molecule has 0 bridgehead atoms. The van der Waals surface area contributed by atoms with Crippen molar-refractivity contribution in [2.45, 2.75) is 140 Å². The Hall–Kier alpha value is -1.36. The van der Waals surface area contributed by atoms with Gasteiger partial charge in [0.2, 0.25) is 0 Å². The highest BCUT2D eigenvalue weighted by Crippen LogP contribution is 2.70. The molecule has 8 nitrogen and oxygen atoms in total. The number of hydrogen-bond donors (Lipinski definition) is 2. The van der Waals surface area contributed by atoms with Gasteiger partial charge in [0.15, 0.2) is 18.4 Å². The molecule has 48 heavy (non-hydrogen) atoms. The molecule has 264 valence electrons. The van der Waals surface area contributed by atoms with Crippen molar-refractivity contribution in [2.24, 2.45) is 46.3 Å². The van der Waals surface area contributed by atoms with Crippen molar-refractivity contribution in [3.05, 3.63) is 47.5 Å². The molecular formula is C40H56O8. The van der Waals surface area contributed by atoms with Crippen LogP contribution in [0, 0.1) is 46.3 Å². The average molecular weight is 665 g/mol. The topological polar surface area (TPSA) is 95.8 Å². The molecule has 0 aromatic heterocycles. The van der Waals surface area contributed by atoms with Crippen LogP contribution in [0.3, 0.4) is 0 Å². The maximum absolute atomic E-state index is 11.1. The minimum absolute atomic E-state index is 0.0601. The molecule has 4 heterocycles. The largest absolute Gasteiger partial charge is 0.387 e. The summed E-state index contributed by atoms with van der Waals surface area (Å²) >= 11 is 0. The van der Waals surface area contributed by atoms with E-state index in [0.29, 0.717) is 47.0 Å². The molecule has 7 fully saturated rings. The highest BCUT2D eigenvalue weighted by Gasteiger charge is 2.68. The van der Waals surface area contributed by atoms with Gasteiger partial charge in [0, 0.05) is 17.9 Å². The van der Waals surface area contributed by atoms with E-state index in [0.717, 1.165) is 44.3 Å². The summed E-state index contributed by atoms with van der Waals surface area (Å²) in [5, 5.41) is 22.3. The zero-order chi connectivity index (χ0) is 33.0. The smallest absolute Gasteiger partial charge is 0.186 e. The van der Waals surface area contributed by atoms with Crippen molar-refractivity contribution in [1.82, 2.24) is 0 Å². The van der Waals surface area contributed by atoms with Crippen molar-refractivity contribution in [3.8, 4) is 0 Å². The van der Waals surface area contributed by atoms with Crippen LogP contribution < -0.4 is 0 Å². The SMILES string of the molecule is C[C@@H]1CC[C@@]2(OC1)O[C@H]1C[C@H]3[C@@H]4CC=C5C[C@@H](O[C@@H]6OC7COC(c8ccccc8)O[C@H]7C(O)[C@@H]6O)CC[C@]5(C)[C@H]4CC[C@]3(C)[C@H]1[C@@H]2C. The Kier molecular flexibility index (Phi) is 8.03. The third-order valence-electron chi connectivity index (χ3n) is 15.1. The van der Waals surface area contributed by atoms with E-state index < -0.39 is 37.0 Å². The molecule has 0 radical (unpaired) electrons. The molecule has 17 atom stereocenters. The van der Waals surface area contributed by atoms with Crippen LogP contribution in [0.15, 0.2) is 42.0 Å². The van der Waals surface area contributed by atoms with Crippen molar-refractivity contribution in [2.75, 3.05) is 13.2 Å². The summed E-state index contributed by atoms with van der Waals surface area (Å²) in [7, 11) is 0. The summed E-state index contributed by atoms with van der Waals surface area (Å²) in [6, 6.07) is 9.67. The van der Waals surface area contributed by atoms with Crippen molar-refractivity contribution in [3.63, 3.8) is 0 Å². The van der Waals surface area contributed by atoms with Crippen LogP contribution in [0.2, 0.25) is 0 Å². The third-order valence-corrected chi connectivity index (χ3v) is 15.1. The number of benzene rings is 1. The molecule has 1 spiro atoms. The maximum Gasteiger partial charge on any atom is 0.186 e. The molecule has 8 heteroatoms. The summed E-state index contributed by atoms with van der Waals surface area (Å²) in [5.74, 6) is 3.37. The minimum Gasteiger partial charge on any atom is -0.387 e. The van der Waals surface area contributed by atoms with E-state index in [9.17, 15) is 10.2 Å². The minimum atomic E-state index is -1.19. The van der Waals surface area contributed by atoms with E-state index in [2.05, 4.69) is 33.8 Å². The number of fused-ring (bicyclic) bond motifs is 8. The number of aliphatic hydroxyl groups is 2. The van der Waals surface area contributed by atoms with Crippen LogP contribution in [-0.2, 0) is 28.4 Å². The lowest BCUT2D eigenvalue weighted by Gasteiger charge is -2.58. The quantitative estimate of drug-likeness (QED) is 0.364. The van der Waals surface area contributed by atoms with Gasteiger partial charge in [-0.1, -0.05) is 69.7 Å². The van der Waals surface area contributed by atoms with Crippen LogP contribution in [0.1, 0.15) is 97.3 Å². The summed E-state index contributed by atoms with van der Waals surface area (Å²) in [6.07, 6.45) is 7.78. The van der Waals surface area contributed by atoms with Crippen LogP contribution in [0.5, 0.6) is 0 Å². The first-order valence-corrected chi connectivity index (χ1v) is 19.1. The number of aliphatic hydroxyl groups excluding tert-OH is 2. The molecule has 0 amide bonds. The number of ether oxygens (including phenoxy) is 6. The second kappa shape index (κ2) is 11.8. The summed E-state index contributed by atoms with van der Waals surface area (Å²) in [4.78, 5) is 0. The van der Waals surface area contributed by atoms with Gasteiger partial charge in [-0.3, -0.25) is 0 Å². The summed E-state index contributed by atoms with van der Waals surface area (Å²) < 4.78 is 38.3.